The molecule has 1 aromatic carbocycles. The van der Waals surface area contributed by atoms with E-state index in [4.69, 9.17) is 5.73 Å². The van der Waals surface area contributed by atoms with Crippen molar-refractivity contribution in [1.82, 2.24) is 4.90 Å². The zero-order valence-electron chi connectivity index (χ0n) is 11.7. The Labute approximate surface area is 119 Å². The smallest absolute Gasteiger partial charge is 0.224 e. The van der Waals surface area contributed by atoms with Crippen molar-refractivity contribution in [3.63, 3.8) is 0 Å². The van der Waals surface area contributed by atoms with Crippen molar-refractivity contribution in [1.29, 1.82) is 0 Å². The van der Waals surface area contributed by atoms with Gasteiger partial charge in [-0.05, 0) is 56.6 Å². The monoisotopic (exact) mass is 277 g/mol. The third-order valence-electron chi connectivity index (χ3n) is 3.55. The number of likely N-dealkylation sites (tertiary alicyclic amines) is 1. The van der Waals surface area contributed by atoms with Crippen LogP contribution < -0.4 is 11.1 Å². The molecule has 0 radical (unpaired) electrons. The summed E-state index contributed by atoms with van der Waals surface area (Å²) in [6.45, 7) is 2.63. The molecule has 1 unspecified atom stereocenters. The maximum absolute atomic E-state index is 11.8. The first-order valence-corrected chi connectivity index (χ1v) is 7.19. The van der Waals surface area contributed by atoms with Crippen LogP contribution in [0.5, 0.6) is 0 Å². The molecule has 1 aliphatic rings. The van der Waals surface area contributed by atoms with Crippen molar-refractivity contribution in [2.75, 3.05) is 30.7 Å². The summed E-state index contributed by atoms with van der Waals surface area (Å²) in [5, 5.41) is 12.4. The second kappa shape index (κ2) is 7.26. The van der Waals surface area contributed by atoms with Crippen LogP contribution in [0.25, 0.3) is 0 Å². The molecule has 1 amide bonds. The van der Waals surface area contributed by atoms with Gasteiger partial charge in [0.1, 0.15) is 0 Å². The van der Waals surface area contributed by atoms with Crippen molar-refractivity contribution >= 4 is 17.3 Å². The first-order chi connectivity index (χ1) is 9.63. The fourth-order valence-corrected chi connectivity index (χ4v) is 2.49. The minimum absolute atomic E-state index is 0.0207. The highest BCUT2D eigenvalue weighted by atomic mass is 16.3. The summed E-state index contributed by atoms with van der Waals surface area (Å²) in [6, 6.07) is 7.14. The van der Waals surface area contributed by atoms with E-state index >= 15 is 0 Å². The average Bonchev–Trinajstić information content (AvgIpc) is 2.41. The number of nitrogens with zero attached hydrogens (tertiary/aromatic N) is 1. The van der Waals surface area contributed by atoms with Gasteiger partial charge in [0.2, 0.25) is 5.91 Å². The molecule has 0 bridgehead atoms. The Hall–Kier alpha value is -1.59. The van der Waals surface area contributed by atoms with Crippen molar-refractivity contribution < 1.29 is 9.90 Å². The number of hydrogen-bond acceptors (Lipinski definition) is 4. The summed E-state index contributed by atoms with van der Waals surface area (Å²) >= 11 is 0. The number of aliphatic hydroxyl groups excluding tert-OH is 1. The molecule has 20 heavy (non-hydrogen) atoms. The van der Waals surface area contributed by atoms with Gasteiger partial charge < -0.3 is 21.1 Å². The van der Waals surface area contributed by atoms with Crippen LogP contribution in [0.3, 0.4) is 0 Å². The summed E-state index contributed by atoms with van der Waals surface area (Å²) < 4.78 is 0. The van der Waals surface area contributed by atoms with Crippen LogP contribution in [-0.4, -0.2) is 41.7 Å². The number of β-amino-alcohol motifs (C(OH)–C–C–N with tert-alkyl or cyclic N) is 1. The fraction of sp³-hybridized carbons (Fsp3) is 0.533. The molecule has 5 heteroatoms. The molecule has 5 nitrogen and oxygen atoms in total. The topological polar surface area (TPSA) is 78.6 Å². The lowest BCUT2D eigenvalue weighted by Crippen LogP contribution is -2.38. The van der Waals surface area contributed by atoms with E-state index in [0.717, 1.165) is 44.6 Å². The minimum atomic E-state index is -0.202. The van der Waals surface area contributed by atoms with Gasteiger partial charge in [0, 0.05) is 24.3 Å². The molecule has 0 aliphatic carbocycles. The Balaban J connectivity index is 1.66. The molecule has 1 saturated heterocycles. The molecular weight excluding hydrogens is 254 g/mol. The van der Waals surface area contributed by atoms with Gasteiger partial charge in [-0.3, -0.25) is 4.79 Å². The SMILES string of the molecule is Nc1ccc(NC(=O)CCCN2CCCC(O)C2)cc1. The van der Waals surface area contributed by atoms with Crippen LogP contribution in [0, 0.1) is 0 Å². The van der Waals surface area contributed by atoms with E-state index in [0.29, 0.717) is 12.1 Å². The van der Waals surface area contributed by atoms with Crippen molar-refractivity contribution in [3.05, 3.63) is 24.3 Å². The fourth-order valence-electron chi connectivity index (χ4n) is 2.49. The van der Waals surface area contributed by atoms with E-state index in [9.17, 15) is 9.90 Å². The van der Waals surface area contributed by atoms with E-state index in [1.54, 1.807) is 24.3 Å². The molecule has 4 N–H and O–H groups in total. The summed E-state index contributed by atoms with van der Waals surface area (Å²) in [4.78, 5) is 14.0. The second-order valence-corrected chi connectivity index (χ2v) is 5.37. The van der Waals surface area contributed by atoms with Crippen molar-refractivity contribution in [2.45, 2.75) is 31.8 Å². The minimum Gasteiger partial charge on any atom is -0.399 e. The molecule has 1 aromatic rings. The lowest BCUT2D eigenvalue weighted by Gasteiger charge is -2.29. The zero-order chi connectivity index (χ0) is 14.4. The van der Waals surface area contributed by atoms with E-state index in [1.165, 1.54) is 0 Å². The molecule has 0 aromatic heterocycles. The molecule has 2 rings (SSSR count). The van der Waals surface area contributed by atoms with Gasteiger partial charge in [-0.1, -0.05) is 0 Å². The number of benzene rings is 1. The van der Waals surface area contributed by atoms with Gasteiger partial charge in [-0.25, -0.2) is 0 Å². The lowest BCUT2D eigenvalue weighted by molar-refractivity contribution is -0.116. The first-order valence-electron chi connectivity index (χ1n) is 7.19. The number of aliphatic hydroxyl groups is 1. The van der Waals surface area contributed by atoms with Gasteiger partial charge in [0.15, 0.2) is 0 Å². The number of rotatable bonds is 5. The quantitative estimate of drug-likeness (QED) is 0.712. The maximum Gasteiger partial charge on any atom is 0.224 e. The standard InChI is InChI=1S/C15H23N3O2/c16-12-5-7-13(8-6-12)17-15(20)4-2-10-18-9-1-3-14(19)11-18/h5-8,14,19H,1-4,9-11,16H2,(H,17,20). The van der Waals surface area contributed by atoms with Crippen LogP contribution in [0.15, 0.2) is 24.3 Å². The Bertz CT molecular complexity index is 433. The predicted molar refractivity (Wildman–Crippen MR) is 80.4 cm³/mol. The Morgan fingerprint density at radius 3 is 2.85 bits per heavy atom. The number of nitrogen functional groups attached to an aromatic ring is 1. The van der Waals surface area contributed by atoms with Gasteiger partial charge in [-0.2, -0.15) is 0 Å². The summed E-state index contributed by atoms with van der Waals surface area (Å²) in [5.41, 5.74) is 7.06. The molecular formula is C15H23N3O2. The number of amides is 1. The number of hydrogen-bond donors (Lipinski definition) is 3. The van der Waals surface area contributed by atoms with E-state index in [-0.39, 0.29) is 12.0 Å². The Morgan fingerprint density at radius 2 is 2.15 bits per heavy atom. The van der Waals surface area contributed by atoms with Gasteiger partial charge >= 0.3 is 0 Å². The van der Waals surface area contributed by atoms with Gasteiger partial charge in [0.25, 0.3) is 0 Å². The Kier molecular flexibility index (Phi) is 5.38. The van der Waals surface area contributed by atoms with Crippen LogP contribution in [0.1, 0.15) is 25.7 Å². The molecule has 110 valence electrons. The lowest BCUT2D eigenvalue weighted by atomic mass is 10.1. The highest BCUT2D eigenvalue weighted by Gasteiger charge is 2.17. The number of piperidine rings is 1. The van der Waals surface area contributed by atoms with E-state index < -0.39 is 0 Å². The molecule has 1 heterocycles. The van der Waals surface area contributed by atoms with E-state index in [1.807, 2.05) is 0 Å². The average molecular weight is 277 g/mol. The number of anilines is 2. The molecule has 1 aliphatic heterocycles. The van der Waals surface area contributed by atoms with Crippen LogP contribution in [0.2, 0.25) is 0 Å². The first kappa shape index (κ1) is 14.8. The van der Waals surface area contributed by atoms with Crippen LogP contribution >= 0.6 is 0 Å². The zero-order valence-corrected chi connectivity index (χ0v) is 11.7. The Morgan fingerprint density at radius 1 is 1.40 bits per heavy atom. The summed E-state index contributed by atoms with van der Waals surface area (Å²) in [7, 11) is 0. The highest BCUT2D eigenvalue weighted by molar-refractivity contribution is 5.90. The van der Waals surface area contributed by atoms with Gasteiger partial charge in [0.05, 0.1) is 6.10 Å². The molecule has 1 atom stereocenters. The summed E-state index contributed by atoms with van der Waals surface area (Å²) in [5.74, 6) is 0.0207. The van der Waals surface area contributed by atoms with Crippen molar-refractivity contribution in [2.24, 2.45) is 0 Å². The highest BCUT2D eigenvalue weighted by Crippen LogP contribution is 2.12. The summed E-state index contributed by atoms with van der Waals surface area (Å²) in [6.07, 6.45) is 3.05. The van der Waals surface area contributed by atoms with Gasteiger partial charge in [-0.15, -0.1) is 0 Å². The normalized spacial score (nSPS) is 19.8. The van der Waals surface area contributed by atoms with E-state index in [2.05, 4.69) is 10.2 Å². The molecule has 0 saturated carbocycles. The third-order valence-corrected chi connectivity index (χ3v) is 3.55. The second-order valence-electron chi connectivity index (χ2n) is 5.37. The number of nitrogens with two attached hydrogens (primary N) is 1. The van der Waals surface area contributed by atoms with Crippen molar-refractivity contribution in [3.8, 4) is 0 Å². The largest absolute Gasteiger partial charge is 0.399 e. The third kappa shape index (κ3) is 4.83. The maximum atomic E-state index is 11.8. The predicted octanol–water partition coefficient (Wildman–Crippen LogP) is 1.44. The number of carbonyl (C=O) groups is 1. The van der Waals surface area contributed by atoms with Crippen LogP contribution in [-0.2, 0) is 4.79 Å². The molecule has 0 spiro atoms. The number of carbonyl (C=O) groups excluding carboxylic acids is 1. The molecule has 1 fully saturated rings. The van der Waals surface area contributed by atoms with Crippen LogP contribution in [0.4, 0.5) is 11.4 Å². The number of nitrogens with one attached hydrogen (secondary N) is 1.